The van der Waals surface area contributed by atoms with E-state index in [1.54, 1.807) is 0 Å². The third kappa shape index (κ3) is 3.60. The second-order valence-corrected chi connectivity index (χ2v) is 7.70. The fraction of sp³-hybridized carbons (Fsp3) is 0.684. The molecule has 1 unspecified atom stereocenters. The van der Waals surface area contributed by atoms with Crippen molar-refractivity contribution in [3.05, 3.63) is 35.9 Å². The van der Waals surface area contributed by atoms with Crippen molar-refractivity contribution in [2.75, 3.05) is 6.61 Å². The molecule has 0 amide bonds. The molecule has 3 aliphatic heterocycles. The van der Waals surface area contributed by atoms with Crippen molar-refractivity contribution in [3.63, 3.8) is 0 Å². The summed E-state index contributed by atoms with van der Waals surface area (Å²) in [6, 6.07) is 10.1. The summed E-state index contributed by atoms with van der Waals surface area (Å²) >= 11 is 0. The maximum Gasteiger partial charge on any atom is 0.190 e. The van der Waals surface area contributed by atoms with E-state index in [0.717, 1.165) is 5.56 Å². The Morgan fingerprint density at radius 2 is 1.72 bits per heavy atom. The third-order valence-electron chi connectivity index (χ3n) is 4.71. The first-order valence-electron chi connectivity index (χ1n) is 8.81. The lowest BCUT2D eigenvalue weighted by molar-refractivity contribution is -0.236. The van der Waals surface area contributed by atoms with Crippen LogP contribution in [0.1, 0.15) is 33.3 Å². The van der Waals surface area contributed by atoms with Crippen LogP contribution in [-0.2, 0) is 35.0 Å². The molecule has 0 bridgehead atoms. The van der Waals surface area contributed by atoms with Gasteiger partial charge in [-0.25, -0.2) is 0 Å². The van der Waals surface area contributed by atoms with Gasteiger partial charge in [-0.3, -0.25) is 0 Å². The summed E-state index contributed by atoms with van der Waals surface area (Å²) in [7, 11) is 0. The first kappa shape index (κ1) is 17.4. The lowest BCUT2D eigenvalue weighted by atomic mass is 10.1. The van der Waals surface area contributed by atoms with Crippen molar-refractivity contribution < 1.29 is 28.4 Å². The zero-order chi connectivity index (χ0) is 17.7. The molecule has 6 nitrogen and oxygen atoms in total. The molecule has 3 heterocycles. The SMILES string of the molecule is CC1(C)OCC([C@@H]2O[C@@H]3OC(C)(C)O[C@H]3[C@H]2OCc2ccccc2)O1. The minimum absolute atomic E-state index is 0.211. The Morgan fingerprint density at radius 3 is 2.40 bits per heavy atom. The van der Waals surface area contributed by atoms with Gasteiger partial charge in [0.1, 0.15) is 24.4 Å². The fourth-order valence-electron chi connectivity index (χ4n) is 3.64. The molecule has 1 aromatic carbocycles. The molecule has 25 heavy (non-hydrogen) atoms. The van der Waals surface area contributed by atoms with E-state index >= 15 is 0 Å². The molecule has 0 N–H and O–H groups in total. The normalized spacial score (nSPS) is 38.8. The summed E-state index contributed by atoms with van der Waals surface area (Å²) in [5.41, 5.74) is 1.10. The summed E-state index contributed by atoms with van der Waals surface area (Å²) in [6.45, 7) is 8.52. The third-order valence-corrected chi connectivity index (χ3v) is 4.71. The zero-order valence-electron chi connectivity index (χ0n) is 15.1. The molecule has 3 saturated heterocycles. The highest BCUT2D eigenvalue weighted by molar-refractivity contribution is 5.13. The van der Waals surface area contributed by atoms with E-state index in [9.17, 15) is 0 Å². The van der Waals surface area contributed by atoms with Gasteiger partial charge in [-0.1, -0.05) is 30.3 Å². The summed E-state index contributed by atoms with van der Waals surface area (Å²) < 4.78 is 36.0. The molecule has 4 rings (SSSR count). The van der Waals surface area contributed by atoms with Gasteiger partial charge >= 0.3 is 0 Å². The largest absolute Gasteiger partial charge is 0.368 e. The molecular weight excluding hydrogens is 324 g/mol. The van der Waals surface area contributed by atoms with E-state index in [0.29, 0.717) is 13.2 Å². The van der Waals surface area contributed by atoms with Crippen LogP contribution in [0.25, 0.3) is 0 Å². The highest BCUT2D eigenvalue weighted by Crippen LogP contribution is 2.42. The second kappa shape index (κ2) is 6.30. The van der Waals surface area contributed by atoms with Crippen molar-refractivity contribution in [2.45, 2.75) is 76.6 Å². The minimum Gasteiger partial charge on any atom is -0.368 e. The molecule has 1 aromatic rings. The topological polar surface area (TPSA) is 55.4 Å². The summed E-state index contributed by atoms with van der Waals surface area (Å²) in [5, 5.41) is 0. The molecule has 0 aliphatic carbocycles. The number of hydrogen-bond acceptors (Lipinski definition) is 6. The van der Waals surface area contributed by atoms with Crippen molar-refractivity contribution in [3.8, 4) is 0 Å². The van der Waals surface area contributed by atoms with Gasteiger partial charge in [-0.2, -0.15) is 0 Å². The van der Waals surface area contributed by atoms with Crippen molar-refractivity contribution >= 4 is 0 Å². The van der Waals surface area contributed by atoms with E-state index in [2.05, 4.69) is 0 Å². The molecular formula is C19H26O6. The quantitative estimate of drug-likeness (QED) is 0.832. The number of ether oxygens (including phenoxy) is 6. The van der Waals surface area contributed by atoms with Crippen LogP contribution in [0, 0.1) is 0 Å². The second-order valence-electron chi connectivity index (χ2n) is 7.70. The first-order valence-corrected chi connectivity index (χ1v) is 8.81. The Bertz CT molecular complexity index is 601. The van der Waals surface area contributed by atoms with Crippen LogP contribution in [0.15, 0.2) is 30.3 Å². The Labute approximate surface area is 148 Å². The Morgan fingerprint density at radius 1 is 0.960 bits per heavy atom. The molecule has 0 radical (unpaired) electrons. The monoisotopic (exact) mass is 350 g/mol. The standard InChI is InChI=1S/C19H26O6/c1-18(2)21-11-13(23-18)14-15(20-10-12-8-6-5-7-9-12)16-17(22-14)25-19(3,4)24-16/h5-9,13-17H,10-11H2,1-4H3/t13?,14-,15-,16-,17+/m0/s1. The zero-order valence-corrected chi connectivity index (χ0v) is 15.1. The van der Waals surface area contributed by atoms with Gasteiger partial charge < -0.3 is 28.4 Å². The lowest BCUT2D eigenvalue weighted by Crippen LogP contribution is -2.44. The van der Waals surface area contributed by atoms with Gasteiger partial charge in [-0.05, 0) is 33.3 Å². The Kier molecular flexibility index (Phi) is 4.38. The summed E-state index contributed by atoms with van der Waals surface area (Å²) in [5.74, 6) is -1.29. The van der Waals surface area contributed by atoms with Crippen LogP contribution in [-0.4, -0.2) is 48.9 Å². The van der Waals surface area contributed by atoms with Crippen LogP contribution >= 0.6 is 0 Å². The number of benzene rings is 1. The van der Waals surface area contributed by atoms with E-state index in [4.69, 9.17) is 28.4 Å². The number of rotatable bonds is 4. The van der Waals surface area contributed by atoms with Crippen LogP contribution < -0.4 is 0 Å². The lowest BCUT2D eigenvalue weighted by Gasteiger charge is -2.29. The van der Waals surface area contributed by atoms with Crippen molar-refractivity contribution in [1.82, 2.24) is 0 Å². The Balaban J connectivity index is 1.50. The van der Waals surface area contributed by atoms with Crippen molar-refractivity contribution in [2.24, 2.45) is 0 Å². The molecule has 0 aromatic heterocycles. The minimum atomic E-state index is -0.680. The smallest absolute Gasteiger partial charge is 0.190 e. The molecule has 6 heteroatoms. The average Bonchev–Trinajstić information content (AvgIpc) is 3.15. The van der Waals surface area contributed by atoms with E-state index in [-0.39, 0.29) is 24.4 Å². The van der Waals surface area contributed by atoms with E-state index in [1.807, 2.05) is 58.0 Å². The molecule has 0 saturated carbocycles. The van der Waals surface area contributed by atoms with Gasteiger partial charge in [0, 0.05) is 0 Å². The van der Waals surface area contributed by atoms with Gasteiger partial charge in [0.2, 0.25) is 0 Å². The Hall–Kier alpha value is -1.02. The number of hydrogen-bond donors (Lipinski definition) is 0. The van der Waals surface area contributed by atoms with Gasteiger partial charge in [0.25, 0.3) is 0 Å². The predicted octanol–water partition coefficient (Wildman–Crippen LogP) is 2.60. The summed E-state index contributed by atoms with van der Waals surface area (Å²) in [4.78, 5) is 0. The van der Waals surface area contributed by atoms with Crippen LogP contribution in [0.5, 0.6) is 0 Å². The summed E-state index contributed by atoms with van der Waals surface area (Å²) in [6.07, 6.45) is -1.52. The van der Waals surface area contributed by atoms with E-state index < -0.39 is 17.9 Å². The van der Waals surface area contributed by atoms with E-state index in [1.165, 1.54) is 0 Å². The molecule has 3 fully saturated rings. The van der Waals surface area contributed by atoms with Crippen molar-refractivity contribution in [1.29, 1.82) is 0 Å². The maximum absolute atomic E-state index is 6.22. The molecule has 5 atom stereocenters. The maximum atomic E-state index is 6.22. The molecule has 3 aliphatic rings. The van der Waals surface area contributed by atoms with Crippen LogP contribution in [0.2, 0.25) is 0 Å². The van der Waals surface area contributed by atoms with Gasteiger partial charge in [0.05, 0.1) is 13.2 Å². The average molecular weight is 350 g/mol. The molecule has 138 valence electrons. The van der Waals surface area contributed by atoms with Crippen LogP contribution in [0.4, 0.5) is 0 Å². The molecule has 0 spiro atoms. The highest BCUT2D eigenvalue weighted by Gasteiger charge is 2.58. The highest BCUT2D eigenvalue weighted by atomic mass is 16.8. The van der Waals surface area contributed by atoms with Crippen LogP contribution in [0.3, 0.4) is 0 Å². The predicted molar refractivity (Wildman–Crippen MR) is 88.6 cm³/mol. The first-order chi connectivity index (χ1) is 11.8. The van der Waals surface area contributed by atoms with Gasteiger partial charge in [-0.15, -0.1) is 0 Å². The fourth-order valence-corrected chi connectivity index (χ4v) is 3.64. The van der Waals surface area contributed by atoms with Gasteiger partial charge in [0.15, 0.2) is 17.9 Å². The number of fused-ring (bicyclic) bond motifs is 1.